The molecule has 1 fully saturated rings. The summed E-state index contributed by atoms with van der Waals surface area (Å²) in [6.07, 6.45) is 2.26. The maximum absolute atomic E-state index is 6.07. The van der Waals surface area contributed by atoms with Crippen LogP contribution in [0, 0.1) is 6.92 Å². The van der Waals surface area contributed by atoms with Crippen LogP contribution in [-0.4, -0.2) is 13.2 Å². The number of aryl methyl sites for hydroxylation is 1. The first-order valence-electron chi connectivity index (χ1n) is 7.33. The van der Waals surface area contributed by atoms with Gasteiger partial charge in [0.15, 0.2) is 0 Å². The highest BCUT2D eigenvalue weighted by Gasteiger charge is 2.32. The first kappa shape index (κ1) is 14.3. The van der Waals surface area contributed by atoms with Crippen molar-refractivity contribution in [3.8, 4) is 5.75 Å². The van der Waals surface area contributed by atoms with E-state index in [1.165, 1.54) is 11.1 Å². The molecular weight excluding hydrogens is 282 g/mol. The molecule has 2 aromatic carbocycles. The summed E-state index contributed by atoms with van der Waals surface area (Å²) < 4.78 is 5.45. The molecular formula is C18H20ClNO. The van der Waals surface area contributed by atoms with E-state index in [0.717, 1.165) is 29.3 Å². The molecule has 0 spiro atoms. The molecule has 0 unspecified atom stereocenters. The van der Waals surface area contributed by atoms with Gasteiger partial charge in [-0.3, -0.25) is 0 Å². The normalized spacial score (nSPS) is 20.7. The number of hydrogen-bond donors (Lipinski definition) is 1. The van der Waals surface area contributed by atoms with E-state index in [1.54, 1.807) is 7.11 Å². The fraction of sp³-hybridized carbons (Fsp3) is 0.333. The molecule has 2 aromatic rings. The molecule has 0 saturated heterocycles. The Morgan fingerprint density at radius 3 is 2.67 bits per heavy atom. The quantitative estimate of drug-likeness (QED) is 0.856. The molecule has 110 valence electrons. The van der Waals surface area contributed by atoms with E-state index >= 15 is 0 Å². The minimum absolute atomic E-state index is 0.511. The lowest BCUT2D eigenvalue weighted by Crippen LogP contribution is -2.34. The van der Waals surface area contributed by atoms with Crippen molar-refractivity contribution in [3.63, 3.8) is 0 Å². The van der Waals surface area contributed by atoms with Gasteiger partial charge in [0.25, 0.3) is 0 Å². The van der Waals surface area contributed by atoms with Gasteiger partial charge in [0.1, 0.15) is 5.75 Å². The standard InChI is InChI=1S/C18H20ClNO/c1-12-7-8-14(19)11-17(12)20-15-9-13(10-15)16-5-3-4-6-18(16)21-2/h3-8,11,13,15,20H,9-10H2,1-2H3. The van der Waals surface area contributed by atoms with Crippen LogP contribution in [0.25, 0.3) is 0 Å². The van der Waals surface area contributed by atoms with Crippen LogP contribution in [0.4, 0.5) is 5.69 Å². The van der Waals surface area contributed by atoms with E-state index in [2.05, 4.69) is 30.4 Å². The van der Waals surface area contributed by atoms with Gasteiger partial charge in [-0.05, 0) is 55.0 Å². The summed E-state index contributed by atoms with van der Waals surface area (Å²) in [5, 5.41) is 4.38. The van der Waals surface area contributed by atoms with Gasteiger partial charge >= 0.3 is 0 Å². The lowest BCUT2D eigenvalue weighted by atomic mass is 9.75. The average molecular weight is 302 g/mol. The highest BCUT2D eigenvalue weighted by Crippen LogP contribution is 2.42. The van der Waals surface area contributed by atoms with Crippen molar-refractivity contribution in [1.82, 2.24) is 0 Å². The molecule has 0 bridgehead atoms. The highest BCUT2D eigenvalue weighted by molar-refractivity contribution is 6.30. The number of para-hydroxylation sites is 1. The lowest BCUT2D eigenvalue weighted by molar-refractivity contribution is 0.349. The molecule has 3 heteroatoms. The van der Waals surface area contributed by atoms with Gasteiger partial charge in [-0.25, -0.2) is 0 Å². The summed E-state index contributed by atoms with van der Waals surface area (Å²) in [6.45, 7) is 2.11. The van der Waals surface area contributed by atoms with Crippen molar-refractivity contribution in [2.75, 3.05) is 12.4 Å². The fourth-order valence-electron chi connectivity index (χ4n) is 2.96. The second-order valence-electron chi connectivity index (χ2n) is 5.71. The molecule has 2 nitrogen and oxygen atoms in total. The Kier molecular flexibility index (Phi) is 4.07. The average Bonchev–Trinajstić information content (AvgIpc) is 2.46. The van der Waals surface area contributed by atoms with Crippen LogP contribution in [0.5, 0.6) is 5.75 Å². The monoisotopic (exact) mass is 301 g/mol. The molecule has 0 radical (unpaired) electrons. The third-order valence-electron chi connectivity index (χ3n) is 4.28. The zero-order valence-corrected chi connectivity index (χ0v) is 13.2. The van der Waals surface area contributed by atoms with Gasteiger partial charge in [0.05, 0.1) is 7.11 Å². The highest BCUT2D eigenvalue weighted by atomic mass is 35.5. The molecule has 3 rings (SSSR count). The summed E-state index contributed by atoms with van der Waals surface area (Å²) in [5.74, 6) is 1.58. The molecule has 1 aliphatic carbocycles. The molecule has 1 aliphatic rings. The summed E-state index contributed by atoms with van der Waals surface area (Å²) in [5.41, 5.74) is 3.70. The lowest BCUT2D eigenvalue weighted by Gasteiger charge is -2.37. The van der Waals surface area contributed by atoms with E-state index in [9.17, 15) is 0 Å². The number of anilines is 1. The van der Waals surface area contributed by atoms with Crippen LogP contribution in [0.2, 0.25) is 5.02 Å². The van der Waals surface area contributed by atoms with Crippen LogP contribution >= 0.6 is 11.6 Å². The largest absolute Gasteiger partial charge is 0.496 e. The van der Waals surface area contributed by atoms with Crippen LogP contribution in [0.1, 0.15) is 29.9 Å². The number of benzene rings is 2. The zero-order chi connectivity index (χ0) is 14.8. The summed E-state index contributed by atoms with van der Waals surface area (Å²) in [7, 11) is 1.74. The third-order valence-corrected chi connectivity index (χ3v) is 4.51. The number of halogens is 1. The molecule has 0 aliphatic heterocycles. The summed E-state index contributed by atoms with van der Waals surface area (Å²) >= 11 is 6.07. The van der Waals surface area contributed by atoms with E-state index in [0.29, 0.717) is 12.0 Å². The minimum atomic E-state index is 0.511. The predicted octanol–water partition coefficient (Wildman–Crippen LogP) is 5.02. The second-order valence-corrected chi connectivity index (χ2v) is 6.15. The fourth-order valence-corrected chi connectivity index (χ4v) is 3.14. The van der Waals surface area contributed by atoms with Gasteiger partial charge in [-0.15, -0.1) is 0 Å². The minimum Gasteiger partial charge on any atom is -0.496 e. The molecule has 21 heavy (non-hydrogen) atoms. The number of hydrogen-bond acceptors (Lipinski definition) is 2. The Labute approximate surface area is 131 Å². The van der Waals surface area contributed by atoms with E-state index < -0.39 is 0 Å². The van der Waals surface area contributed by atoms with Crippen molar-refractivity contribution >= 4 is 17.3 Å². The van der Waals surface area contributed by atoms with Crippen molar-refractivity contribution in [2.24, 2.45) is 0 Å². The van der Waals surface area contributed by atoms with Crippen molar-refractivity contribution < 1.29 is 4.74 Å². The van der Waals surface area contributed by atoms with E-state index in [1.807, 2.05) is 24.3 Å². The van der Waals surface area contributed by atoms with Gasteiger partial charge in [-0.1, -0.05) is 35.9 Å². The molecule has 0 amide bonds. The molecule has 0 heterocycles. The summed E-state index contributed by atoms with van der Waals surface area (Å²) in [6, 6.07) is 14.8. The zero-order valence-electron chi connectivity index (χ0n) is 12.4. The second kappa shape index (κ2) is 5.98. The van der Waals surface area contributed by atoms with Crippen molar-refractivity contribution in [3.05, 3.63) is 58.6 Å². The predicted molar refractivity (Wildman–Crippen MR) is 88.6 cm³/mol. The van der Waals surface area contributed by atoms with Gasteiger partial charge in [0, 0.05) is 16.8 Å². The van der Waals surface area contributed by atoms with E-state index in [-0.39, 0.29) is 0 Å². The van der Waals surface area contributed by atoms with Crippen molar-refractivity contribution in [2.45, 2.75) is 31.7 Å². The van der Waals surface area contributed by atoms with Crippen LogP contribution < -0.4 is 10.1 Å². The van der Waals surface area contributed by atoms with Crippen molar-refractivity contribution in [1.29, 1.82) is 0 Å². The summed E-state index contributed by atoms with van der Waals surface area (Å²) in [4.78, 5) is 0. The number of nitrogens with one attached hydrogen (secondary N) is 1. The number of rotatable bonds is 4. The Bertz CT molecular complexity index is 635. The van der Waals surface area contributed by atoms with Gasteiger partial charge in [0.2, 0.25) is 0 Å². The molecule has 0 atom stereocenters. The third kappa shape index (κ3) is 3.01. The Morgan fingerprint density at radius 1 is 1.14 bits per heavy atom. The Hall–Kier alpha value is -1.67. The maximum atomic E-state index is 6.07. The first-order valence-corrected chi connectivity index (χ1v) is 7.71. The van der Waals surface area contributed by atoms with Crippen LogP contribution in [0.15, 0.2) is 42.5 Å². The van der Waals surface area contributed by atoms with E-state index in [4.69, 9.17) is 16.3 Å². The van der Waals surface area contributed by atoms with Gasteiger partial charge in [-0.2, -0.15) is 0 Å². The number of methoxy groups -OCH3 is 1. The maximum Gasteiger partial charge on any atom is 0.122 e. The number of ether oxygens (including phenoxy) is 1. The SMILES string of the molecule is COc1ccccc1C1CC(Nc2cc(Cl)ccc2C)C1. The Balaban J connectivity index is 1.65. The topological polar surface area (TPSA) is 21.3 Å². The first-order chi connectivity index (χ1) is 10.2. The van der Waals surface area contributed by atoms with Gasteiger partial charge < -0.3 is 10.1 Å². The molecule has 1 N–H and O–H groups in total. The smallest absolute Gasteiger partial charge is 0.122 e. The molecule has 1 saturated carbocycles. The molecule has 0 aromatic heterocycles. The van der Waals surface area contributed by atoms with Crippen LogP contribution in [0.3, 0.4) is 0 Å². The van der Waals surface area contributed by atoms with Crippen LogP contribution in [-0.2, 0) is 0 Å². The Morgan fingerprint density at radius 2 is 1.90 bits per heavy atom.